The summed E-state index contributed by atoms with van der Waals surface area (Å²) in [6, 6.07) is 10.4. The smallest absolute Gasteiger partial charge is 0.251 e. The van der Waals surface area contributed by atoms with Crippen LogP contribution in [0.5, 0.6) is 0 Å². The van der Waals surface area contributed by atoms with Crippen molar-refractivity contribution in [2.45, 2.75) is 32.0 Å². The number of nitrogens with zero attached hydrogens (tertiary/aromatic N) is 3. The number of hydrogen-bond donors (Lipinski definition) is 2. The third kappa shape index (κ3) is 6.02. The van der Waals surface area contributed by atoms with E-state index in [-0.39, 0.29) is 23.6 Å². The summed E-state index contributed by atoms with van der Waals surface area (Å²) in [5.74, 6) is 0.451. The van der Waals surface area contributed by atoms with E-state index < -0.39 is 0 Å². The van der Waals surface area contributed by atoms with Crippen molar-refractivity contribution >= 4 is 63.5 Å². The Morgan fingerprint density at radius 3 is 2.41 bits per heavy atom. The van der Waals surface area contributed by atoms with Crippen LogP contribution in [-0.4, -0.2) is 32.3 Å². The molecule has 1 atom stereocenters. The number of carbonyl (C=O) groups excluding carboxylic acids is 2. The molecule has 168 valence electrons. The Balaban J connectivity index is 1.60. The predicted molar refractivity (Wildman–Crippen MR) is 136 cm³/mol. The highest BCUT2D eigenvalue weighted by Crippen LogP contribution is 2.24. The monoisotopic (exact) mass is 583 g/mol. The largest absolute Gasteiger partial charge is 0.342 e. The first-order valence-electron chi connectivity index (χ1n) is 9.80. The third-order valence-corrected chi connectivity index (χ3v) is 6.70. The van der Waals surface area contributed by atoms with Crippen molar-refractivity contribution in [2.24, 2.45) is 7.05 Å². The Morgan fingerprint density at radius 2 is 1.78 bits per heavy atom. The van der Waals surface area contributed by atoms with Gasteiger partial charge in [0, 0.05) is 26.9 Å². The van der Waals surface area contributed by atoms with Gasteiger partial charge in [0.1, 0.15) is 0 Å². The SMILES string of the molecule is Cc1cc(I)cc(C)c1NC(=O)CSc1nnc([C@H](C)NC(=O)c2ccc(Cl)cc2)n1C. The van der Waals surface area contributed by atoms with E-state index in [1.807, 2.05) is 40.0 Å². The van der Waals surface area contributed by atoms with Gasteiger partial charge in [-0.15, -0.1) is 10.2 Å². The first-order chi connectivity index (χ1) is 15.2. The van der Waals surface area contributed by atoms with Crippen LogP contribution in [0.15, 0.2) is 41.6 Å². The fourth-order valence-electron chi connectivity index (χ4n) is 3.19. The molecule has 0 saturated heterocycles. The normalized spacial score (nSPS) is 11.8. The maximum absolute atomic E-state index is 12.5. The molecule has 1 aromatic heterocycles. The third-order valence-electron chi connectivity index (χ3n) is 4.80. The lowest BCUT2D eigenvalue weighted by Crippen LogP contribution is -2.28. The molecule has 0 saturated carbocycles. The molecular formula is C22H23ClIN5O2S. The highest BCUT2D eigenvalue weighted by atomic mass is 127. The zero-order valence-electron chi connectivity index (χ0n) is 18.1. The van der Waals surface area contributed by atoms with Crippen molar-refractivity contribution in [2.75, 3.05) is 11.1 Å². The minimum absolute atomic E-state index is 0.115. The Labute approximate surface area is 209 Å². The van der Waals surface area contributed by atoms with Crippen LogP contribution in [0.1, 0.15) is 40.3 Å². The van der Waals surface area contributed by atoms with Gasteiger partial charge in [0.15, 0.2) is 11.0 Å². The minimum atomic E-state index is -0.365. The number of aromatic nitrogens is 3. The lowest BCUT2D eigenvalue weighted by atomic mass is 10.1. The van der Waals surface area contributed by atoms with Crippen molar-refractivity contribution < 1.29 is 9.59 Å². The molecule has 0 fully saturated rings. The van der Waals surface area contributed by atoms with Gasteiger partial charge in [-0.2, -0.15) is 0 Å². The first-order valence-corrected chi connectivity index (χ1v) is 12.2. The van der Waals surface area contributed by atoms with Crippen molar-refractivity contribution in [1.82, 2.24) is 20.1 Å². The Morgan fingerprint density at radius 1 is 1.16 bits per heavy atom. The highest BCUT2D eigenvalue weighted by Gasteiger charge is 2.19. The van der Waals surface area contributed by atoms with E-state index >= 15 is 0 Å². The molecule has 1 heterocycles. The number of carbonyl (C=O) groups is 2. The average Bonchev–Trinajstić information content (AvgIpc) is 3.10. The van der Waals surface area contributed by atoms with E-state index in [0.717, 1.165) is 20.4 Å². The Bertz CT molecular complexity index is 1130. The number of anilines is 1. The van der Waals surface area contributed by atoms with Crippen LogP contribution in [0.3, 0.4) is 0 Å². The summed E-state index contributed by atoms with van der Waals surface area (Å²) in [5, 5.41) is 15.4. The van der Waals surface area contributed by atoms with Gasteiger partial charge in [0.25, 0.3) is 5.91 Å². The molecule has 10 heteroatoms. The molecule has 0 aliphatic heterocycles. The molecule has 0 aliphatic rings. The van der Waals surface area contributed by atoms with E-state index in [9.17, 15) is 9.59 Å². The Hall–Kier alpha value is -2.11. The molecule has 0 aliphatic carbocycles. The summed E-state index contributed by atoms with van der Waals surface area (Å²) in [7, 11) is 1.81. The Kier molecular flexibility index (Phi) is 8.18. The van der Waals surface area contributed by atoms with Gasteiger partial charge in [0.05, 0.1) is 11.8 Å². The maximum Gasteiger partial charge on any atom is 0.251 e. The molecule has 2 aromatic carbocycles. The molecule has 0 spiro atoms. The second-order valence-electron chi connectivity index (χ2n) is 7.35. The van der Waals surface area contributed by atoms with Crippen LogP contribution < -0.4 is 10.6 Å². The average molecular weight is 584 g/mol. The van der Waals surface area contributed by atoms with E-state index in [1.54, 1.807) is 28.8 Å². The lowest BCUT2D eigenvalue weighted by Gasteiger charge is -2.14. The van der Waals surface area contributed by atoms with Crippen molar-refractivity contribution in [3.05, 3.63) is 67.5 Å². The molecule has 2 N–H and O–H groups in total. The van der Waals surface area contributed by atoms with Crippen LogP contribution in [0.2, 0.25) is 5.02 Å². The van der Waals surface area contributed by atoms with Gasteiger partial charge in [-0.25, -0.2) is 0 Å². The molecular weight excluding hydrogens is 561 g/mol. The van der Waals surface area contributed by atoms with Gasteiger partial charge in [-0.3, -0.25) is 9.59 Å². The van der Waals surface area contributed by atoms with Crippen molar-refractivity contribution in [3.8, 4) is 0 Å². The molecule has 3 rings (SSSR count). The van der Waals surface area contributed by atoms with E-state index in [1.165, 1.54) is 11.8 Å². The number of hydrogen-bond acceptors (Lipinski definition) is 5. The van der Waals surface area contributed by atoms with Crippen LogP contribution in [-0.2, 0) is 11.8 Å². The standard InChI is InChI=1S/C22H23ClIN5O2S/c1-12-9-17(24)10-13(2)19(12)26-18(30)11-32-22-28-27-20(29(22)4)14(3)25-21(31)15-5-7-16(23)8-6-15/h5-10,14H,11H2,1-4H3,(H,25,31)(H,26,30)/t14-/m0/s1. The van der Waals surface area contributed by atoms with Gasteiger partial charge < -0.3 is 15.2 Å². The molecule has 32 heavy (non-hydrogen) atoms. The summed E-state index contributed by atoms with van der Waals surface area (Å²) in [5.41, 5.74) is 3.40. The van der Waals surface area contributed by atoms with Gasteiger partial charge >= 0.3 is 0 Å². The van der Waals surface area contributed by atoms with E-state index in [4.69, 9.17) is 11.6 Å². The number of thioether (sulfide) groups is 1. The van der Waals surface area contributed by atoms with E-state index in [0.29, 0.717) is 21.6 Å². The highest BCUT2D eigenvalue weighted by molar-refractivity contribution is 14.1. The number of amides is 2. The number of rotatable bonds is 7. The minimum Gasteiger partial charge on any atom is -0.342 e. The summed E-state index contributed by atoms with van der Waals surface area (Å²) < 4.78 is 2.92. The molecule has 0 radical (unpaired) electrons. The zero-order valence-corrected chi connectivity index (χ0v) is 21.8. The first kappa shape index (κ1) is 24.5. The topological polar surface area (TPSA) is 88.9 Å². The summed E-state index contributed by atoms with van der Waals surface area (Å²) in [6.07, 6.45) is 0. The second-order valence-corrected chi connectivity index (χ2v) is 9.98. The molecule has 7 nitrogen and oxygen atoms in total. The number of benzene rings is 2. The summed E-state index contributed by atoms with van der Waals surface area (Å²) in [6.45, 7) is 5.79. The zero-order chi connectivity index (χ0) is 23.4. The van der Waals surface area contributed by atoms with Crippen LogP contribution in [0, 0.1) is 17.4 Å². The van der Waals surface area contributed by atoms with Gasteiger partial charge in [-0.1, -0.05) is 23.4 Å². The molecule has 2 amide bonds. The van der Waals surface area contributed by atoms with Crippen LogP contribution in [0.25, 0.3) is 0 Å². The van der Waals surface area contributed by atoms with Crippen molar-refractivity contribution in [3.63, 3.8) is 0 Å². The fraction of sp³-hybridized carbons (Fsp3) is 0.273. The van der Waals surface area contributed by atoms with Crippen LogP contribution in [0.4, 0.5) is 5.69 Å². The number of halogens is 2. The summed E-state index contributed by atoms with van der Waals surface area (Å²) >= 11 is 9.43. The number of nitrogens with one attached hydrogen (secondary N) is 2. The second kappa shape index (κ2) is 10.7. The molecule has 3 aromatic rings. The molecule has 0 unspecified atom stereocenters. The quantitative estimate of drug-likeness (QED) is 0.305. The van der Waals surface area contributed by atoms with E-state index in [2.05, 4.69) is 43.4 Å². The van der Waals surface area contributed by atoms with Crippen molar-refractivity contribution in [1.29, 1.82) is 0 Å². The van der Waals surface area contributed by atoms with Gasteiger partial charge in [0.2, 0.25) is 5.91 Å². The summed E-state index contributed by atoms with van der Waals surface area (Å²) in [4.78, 5) is 24.9. The predicted octanol–water partition coefficient (Wildman–Crippen LogP) is 4.91. The number of aryl methyl sites for hydroxylation is 2. The van der Waals surface area contributed by atoms with Crippen LogP contribution >= 0.6 is 46.0 Å². The lowest BCUT2D eigenvalue weighted by molar-refractivity contribution is -0.113. The van der Waals surface area contributed by atoms with Gasteiger partial charge in [-0.05, 0) is 90.9 Å². The molecule has 0 bridgehead atoms. The fourth-order valence-corrected chi connectivity index (χ4v) is 4.97. The maximum atomic E-state index is 12.5.